The van der Waals surface area contributed by atoms with Gasteiger partial charge in [-0.05, 0) is 53.6 Å². The van der Waals surface area contributed by atoms with Crippen LogP contribution in [0.4, 0.5) is 10.5 Å². The van der Waals surface area contributed by atoms with Crippen molar-refractivity contribution in [3.63, 3.8) is 0 Å². The number of nitrogens with one attached hydrogen (secondary N) is 1. The molecule has 0 bridgehead atoms. The van der Waals surface area contributed by atoms with Gasteiger partial charge in [-0.25, -0.2) is 4.79 Å². The van der Waals surface area contributed by atoms with Gasteiger partial charge in [-0.2, -0.15) is 0 Å². The molecule has 1 saturated carbocycles. The number of primary amides is 1. The van der Waals surface area contributed by atoms with Crippen LogP contribution in [-0.2, 0) is 25.5 Å². The maximum Gasteiger partial charge on any atom is 0.411 e. The highest BCUT2D eigenvalue weighted by Crippen LogP contribution is 2.53. The minimum atomic E-state index is -2.61. The summed E-state index contributed by atoms with van der Waals surface area (Å²) >= 11 is 2.09. The van der Waals surface area contributed by atoms with Crippen molar-refractivity contribution in [3.8, 4) is 16.9 Å². The fourth-order valence-electron chi connectivity index (χ4n) is 5.91. The van der Waals surface area contributed by atoms with Crippen molar-refractivity contribution in [2.45, 2.75) is 24.9 Å². The Labute approximate surface area is 241 Å². The molecule has 12 heteroatoms. The molecule has 2 aromatic carbocycles. The first-order valence-electron chi connectivity index (χ1n) is 12.4. The Balaban J connectivity index is 1.55. The molecule has 40 heavy (non-hydrogen) atoms. The number of alkyl halides is 1. The number of aromatic hydroxyl groups is 1. The second-order valence-electron chi connectivity index (χ2n) is 9.92. The summed E-state index contributed by atoms with van der Waals surface area (Å²) in [4.78, 5) is 49.8. The van der Waals surface area contributed by atoms with Gasteiger partial charge in [0.25, 0.3) is 5.91 Å². The molecule has 0 aromatic heterocycles. The molecule has 0 heterocycles. The van der Waals surface area contributed by atoms with Gasteiger partial charge in [-0.3, -0.25) is 19.7 Å². The molecule has 2 amide bonds. The zero-order valence-electron chi connectivity index (χ0n) is 20.9. The summed E-state index contributed by atoms with van der Waals surface area (Å²) in [5.41, 5.74) is 4.00. The number of benzene rings is 2. The Kier molecular flexibility index (Phi) is 7.08. The van der Waals surface area contributed by atoms with Crippen molar-refractivity contribution in [2.24, 2.45) is 17.6 Å². The van der Waals surface area contributed by atoms with Crippen LogP contribution in [0.25, 0.3) is 16.9 Å². The zero-order chi connectivity index (χ0) is 28.9. The fraction of sp³-hybridized carbons (Fsp3) is 0.286. The second-order valence-corrected chi connectivity index (χ2v) is 11.0. The molecule has 5 rings (SSSR count). The van der Waals surface area contributed by atoms with Crippen molar-refractivity contribution in [1.29, 1.82) is 0 Å². The minimum Gasteiger partial charge on any atom is -0.508 e. The lowest BCUT2D eigenvalue weighted by Crippen LogP contribution is -2.58. The van der Waals surface area contributed by atoms with Gasteiger partial charge in [-0.1, -0.05) is 40.8 Å². The number of phenolic OH excluding ortho intramolecular Hbond substituents is 1. The van der Waals surface area contributed by atoms with Gasteiger partial charge in [-0.15, -0.1) is 0 Å². The molecular formula is C28H25IN2O9. The van der Waals surface area contributed by atoms with Crippen LogP contribution in [0.1, 0.15) is 24.0 Å². The topological polar surface area (TPSA) is 196 Å². The van der Waals surface area contributed by atoms with Crippen molar-refractivity contribution < 1.29 is 44.3 Å². The molecule has 208 valence electrons. The van der Waals surface area contributed by atoms with Crippen molar-refractivity contribution in [3.05, 3.63) is 64.4 Å². The number of halogens is 1. The molecule has 3 aliphatic carbocycles. The lowest BCUT2D eigenvalue weighted by molar-refractivity contribution is -0.147. The Morgan fingerprint density at radius 2 is 1.77 bits per heavy atom. The number of fused-ring (bicyclic) bond motifs is 3. The molecule has 3 atom stereocenters. The first-order chi connectivity index (χ1) is 19.0. The van der Waals surface area contributed by atoms with E-state index < -0.39 is 58.1 Å². The van der Waals surface area contributed by atoms with Crippen molar-refractivity contribution in [2.75, 3.05) is 16.4 Å². The Bertz CT molecular complexity index is 1530. The normalized spacial score (nSPS) is 23.8. The molecule has 2 aromatic rings. The van der Waals surface area contributed by atoms with E-state index in [9.17, 15) is 39.6 Å². The number of phenols is 1. The monoisotopic (exact) mass is 660 g/mol. The third-order valence-corrected chi connectivity index (χ3v) is 8.14. The predicted molar refractivity (Wildman–Crippen MR) is 151 cm³/mol. The molecule has 0 spiro atoms. The first kappa shape index (κ1) is 27.6. The lowest BCUT2D eigenvalue weighted by Gasteiger charge is -2.46. The molecule has 0 saturated heterocycles. The number of ether oxygens (including phenoxy) is 1. The molecule has 0 radical (unpaired) electrons. The van der Waals surface area contributed by atoms with E-state index >= 15 is 0 Å². The third kappa shape index (κ3) is 4.31. The average molecular weight is 660 g/mol. The van der Waals surface area contributed by atoms with Gasteiger partial charge in [0.15, 0.2) is 11.4 Å². The van der Waals surface area contributed by atoms with E-state index in [0.717, 1.165) is 0 Å². The van der Waals surface area contributed by atoms with Crippen molar-refractivity contribution >= 4 is 57.6 Å². The number of nitrogens with two attached hydrogens (primary N) is 1. The predicted octanol–water partition coefficient (Wildman–Crippen LogP) is 3.07. The highest BCUT2D eigenvalue weighted by Gasteiger charge is 2.60. The number of ketones is 2. The standard InChI is InChI=1S/C28H25IN2O9/c29-7-8-40-27(38)31-15-3-1-12(2-4-15)16-5-6-18(32)21-17(16)10-13-9-14-11-19(33)22(26(30)37)25(36)28(14,39)24(35)20(13)23(21)34/h1-6,13-14,32,34,36,39H,7-11H2,(H2,30,37)(H,31,38)/t13-,14+,28+/m1/s1. The number of carbonyl (C=O) groups excluding carboxylic acids is 4. The molecule has 7 N–H and O–H groups in total. The minimum absolute atomic E-state index is 0.00853. The Morgan fingerprint density at radius 3 is 2.42 bits per heavy atom. The van der Waals surface area contributed by atoms with Crippen molar-refractivity contribution in [1.82, 2.24) is 0 Å². The number of anilines is 1. The number of hydrogen-bond acceptors (Lipinski definition) is 9. The molecule has 3 aliphatic rings. The van der Waals surface area contributed by atoms with E-state index in [4.69, 9.17) is 10.5 Å². The molecule has 0 unspecified atom stereocenters. The third-order valence-electron chi connectivity index (χ3n) is 7.70. The quantitative estimate of drug-likeness (QED) is 0.159. The van der Waals surface area contributed by atoms with E-state index in [2.05, 4.69) is 27.9 Å². The van der Waals surface area contributed by atoms with Gasteiger partial charge in [0, 0.05) is 28.0 Å². The Morgan fingerprint density at radius 1 is 1.07 bits per heavy atom. The summed E-state index contributed by atoms with van der Waals surface area (Å²) in [6, 6.07) is 9.87. The van der Waals surface area contributed by atoms with Crippen LogP contribution in [0.15, 0.2) is 53.3 Å². The largest absolute Gasteiger partial charge is 0.508 e. The highest BCUT2D eigenvalue weighted by atomic mass is 127. The maximum atomic E-state index is 13.6. The van der Waals surface area contributed by atoms with E-state index in [1.54, 1.807) is 30.3 Å². The van der Waals surface area contributed by atoms with Gasteiger partial charge >= 0.3 is 6.09 Å². The van der Waals surface area contributed by atoms with Crippen LogP contribution in [0.2, 0.25) is 0 Å². The van der Waals surface area contributed by atoms with Crippen LogP contribution < -0.4 is 11.1 Å². The summed E-state index contributed by atoms with van der Waals surface area (Å²) in [5.74, 6) is -6.73. The number of carbonyl (C=O) groups is 4. The van der Waals surface area contributed by atoms with Crippen LogP contribution >= 0.6 is 22.6 Å². The van der Waals surface area contributed by atoms with E-state index in [-0.39, 0.29) is 42.8 Å². The maximum absolute atomic E-state index is 13.6. The second kappa shape index (κ2) is 10.2. The number of aliphatic hydroxyl groups excluding tert-OH is 2. The summed E-state index contributed by atoms with van der Waals surface area (Å²) in [6.45, 7) is 0.279. The van der Waals surface area contributed by atoms with Gasteiger partial charge in [0.2, 0.25) is 5.78 Å². The number of aliphatic hydroxyl groups is 3. The SMILES string of the molecule is NC(=O)C1=C(O)[C@@]2(O)C(=O)C3=C(O)c4c(O)ccc(-c5ccc(NC(=O)OCCI)cc5)c4C[C@H]3C[C@H]2CC1=O. The van der Waals surface area contributed by atoms with E-state index in [0.29, 0.717) is 26.8 Å². The summed E-state index contributed by atoms with van der Waals surface area (Å²) in [7, 11) is 0. The number of amides is 2. The fourth-order valence-corrected chi connectivity index (χ4v) is 6.13. The van der Waals surface area contributed by atoms with E-state index in [1.807, 2.05) is 0 Å². The summed E-state index contributed by atoms with van der Waals surface area (Å²) in [6.07, 6.45) is -0.745. The van der Waals surface area contributed by atoms with Gasteiger partial charge in [0.1, 0.15) is 29.4 Å². The van der Waals surface area contributed by atoms with Crippen LogP contribution in [0.5, 0.6) is 5.75 Å². The summed E-state index contributed by atoms with van der Waals surface area (Å²) < 4.78 is 5.68. The molecule has 0 aliphatic heterocycles. The van der Waals surface area contributed by atoms with Gasteiger partial charge in [0.05, 0.1) is 5.56 Å². The summed E-state index contributed by atoms with van der Waals surface area (Å²) in [5, 5.41) is 46.6. The Hall–Kier alpha value is -3.91. The van der Waals surface area contributed by atoms with Crippen LogP contribution in [-0.4, -0.2) is 60.6 Å². The zero-order valence-corrected chi connectivity index (χ0v) is 23.1. The smallest absolute Gasteiger partial charge is 0.411 e. The molecule has 11 nitrogen and oxygen atoms in total. The van der Waals surface area contributed by atoms with Gasteiger partial charge < -0.3 is 30.9 Å². The highest BCUT2D eigenvalue weighted by molar-refractivity contribution is 14.1. The number of rotatable bonds is 5. The molecule has 1 fully saturated rings. The number of hydrogen-bond donors (Lipinski definition) is 6. The first-order valence-corrected chi connectivity index (χ1v) is 13.9. The van der Waals surface area contributed by atoms with E-state index in [1.165, 1.54) is 6.07 Å². The molecular weight excluding hydrogens is 635 g/mol. The lowest BCUT2D eigenvalue weighted by atomic mass is 9.59. The number of Topliss-reactive ketones (excluding diaryl/α,β-unsaturated/α-hetero) is 2. The average Bonchev–Trinajstić information content (AvgIpc) is 2.90. The van der Waals surface area contributed by atoms with Crippen LogP contribution in [0.3, 0.4) is 0 Å². The van der Waals surface area contributed by atoms with Crippen LogP contribution in [0, 0.1) is 11.8 Å².